The summed E-state index contributed by atoms with van der Waals surface area (Å²) in [5.74, 6) is 0.248. The molecule has 3 rings (SSSR count). The van der Waals surface area contributed by atoms with Crippen LogP contribution in [0.5, 0.6) is 0 Å². The summed E-state index contributed by atoms with van der Waals surface area (Å²) in [6, 6.07) is 8.88. The Hall–Kier alpha value is -1.45. The van der Waals surface area contributed by atoms with Crippen LogP contribution in [-0.4, -0.2) is 23.3 Å². The van der Waals surface area contributed by atoms with Crippen molar-refractivity contribution in [2.24, 2.45) is 0 Å². The monoisotopic (exact) mass is 299 g/mol. The molecule has 1 aromatic heterocycles. The summed E-state index contributed by atoms with van der Waals surface area (Å²) in [4.78, 5) is 15.0. The second kappa shape index (κ2) is 6.12. The van der Waals surface area contributed by atoms with Crippen molar-refractivity contribution in [1.82, 2.24) is 4.90 Å². The van der Waals surface area contributed by atoms with Gasteiger partial charge in [-0.3, -0.25) is 9.69 Å². The van der Waals surface area contributed by atoms with Crippen molar-refractivity contribution in [2.45, 2.75) is 39.3 Å². The number of carbonyl (C=O) groups is 1. The third-order valence-electron chi connectivity index (χ3n) is 4.07. The molecule has 1 fully saturated rings. The number of hydrogen-bond donors (Lipinski definition) is 0. The standard InChI is InChI=1S/C18H21NOS/c1-13-3-4-14(2)17(9-13)18(20)11-19(16-5-6-16)10-15-7-8-21-12-15/h3-4,7-9,12,16H,5-6,10-11H2,1-2H3. The molecule has 2 nitrogen and oxygen atoms in total. The van der Waals surface area contributed by atoms with E-state index in [1.54, 1.807) is 11.3 Å². The lowest BCUT2D eigenvalue weighted by molar-refractivity contribution is 0.0918. The average molecular weight is 299 g/mol. The summed E-state index contributed by atoms with van der Waals surface area (Å²) in [6.07, 6.45) is 2.45. The Morgan fingerprint density at radius 3 is 2.76 bits per heavy atom. The third kappa shape index (κ3) is 3.60. The van der Waals surface area contributed by atoms with Gasteiger partial charge in [0.2, 0.25) is 0 Å². The highest BCUT2D eigenvalue weighted by molar-refractivity contribution is 7.07. The van der Waals surface area contributed by atoms with Crippen LogP contribution >= 0.6 is 11.3 Å². The minimum Gasteiger partial charge on any atom is -0.293 e. The zero-order valence-electron chi connectivity index (χ0n) is 12.6. The zero-order valence-corrected chi connectivity index (χ0v) is 13.5. The molecule has 1 aliphatic carbocycles. The van der Waals surface area contributed by atoms with Crippen LogP contribution in [-0.2, 0) is 6.54 Å². The molecule has 0 amide bonds. The molecule has 0 bridgehead atoms. The number of hydrogen-bond acceptors (Lipinski definition) is 3. The Balaban J connectivity index is 1.73. The van der Waals surface area contributed by atoms with Gasteiger partial charge in [-0.15, -0.1) is 0 Å². The molecular weight excluding hydrogens is 278 g/mol. The molecule has 0 N–H and O–H groups in total. The van der Waals surface area contributed by atoms with E-state index in [2.05, 4.69) is 27.8 Å². The van der Waals surface area contributed by atoms with Crippen LogP contribution in [0.3, 0.4) is 0 Å². The van der Waals surface area contributed by atoms with Gasteiger partial charge in [0, 0.05) is 18.2 Å². The van der Waals surface area contributed by atoms with Crippen molar-refractivity contribution in [2.75, 3.05) is 6.54 Å². The van der Waals surface area contributed by atoms with E-state index in [0.717, 1.165) is 23.2 Å². The van der Waals surface area contributed by atoms with E-state index in [-0.39, 0.29) is 5.78 Å². The number of carbonyl (C=O) groups excluding carboxylic acids is 1. The SMILES string of the molecule is Cc1ccc(C)c(C(=O)CN(Cc2ccsc2)C2CC2)c1. The molecule has 0 unspecified atom stereocenters. The van der Waals surface area contributed by atoms with Crippen molar-refractivity contribution in [3.05, 3.63) is 57.3 Å². The molecule has 1 aromatic carbocycles. The summed E-state index contributed by atoms with van der Waals surface area (Å²) in [6.45, 7) is 5.49. The number of rotatable bonds is 6. The summed E-state index contributed by atoms with van der Waals surface area (Å²) < 4.78 is 0. The molecule has 1 saturated carbocycles. The van der Waals surface area contributed by atoms with Gasteiger partial charge in [0.1, 0.15) is 0 Å². The second-order valence-corrected chi connectivity index (χ2v) is 6.79. The molecule has 0 aliphatic heterocycles. The molecule has 0 spiro atoms. The zero-order chi connectivity index (χ0) is 14.8. The average Bonchev–Trinajstić information content (AvgIpc) is 3.19. The first-order valence-corrected chi connectivity index (χ1v) is 8.43. The smallest absolute Gasteiger partial charge is 0.177 e. The fourth-order valence-electron chi connectivity index (χ4n) is 2.68. The van der Waals surface area contributed by atoms with Crippen molar-refractivity contribution in [1.29, 1.82) is 0 Å². The van der Waals surface area contributed by atoms with E-state index in [0.29, 0.717) is 12.6 Å². The van der Waals surface area contributed by atoms with Crippen LogP contribution in [0.25, 0.3) is 0 Å². The van der Waals surface area contributed by atoms with Crippen LogP contribution in [0.2, 0.25) is 0 Å². The first-order chi connectivity index (χ1) is 10.1. The van der Waals surface area contributed by atoms with E-state index in [4.69, 9.17) is 0 Å². The van der Waals surface area contributed by atoms with Gasteiger partial charge in [0.15, 0.2) is 5.78 Å². The lowest BCUT2D eigenvalue weighted by atomic mass is 10.0. The van der Waals surface area contributed by atoms with Gasteiger partial charge in [0.25, 0.3) is 0 Å². The Bertz CT molecular complexity index is 629. The van der Waals surface area contributed by atoms with E-state index in [1.165, 1.54) is 18.4 Å². The maximum atomic E-state index is 12.6. The quantitative estimate of drug-likeness (QED) is 0.745. The molecular formula is C18H21NOS. The van der Waals surface area contributed by atoms with E-state index >= 15 is 0 Å². The van der Waals surface area contributed by atoms with Crippen LogP contribution in [0, 0.1) is 13.8 Å². The van der Waals surface area contributed by atoms with Crippen LogP contribution in [0.1, 0.15) is 39.9 Å². The fraction of sp³-hybridized carbons (Fsp3) is 0.389. The van der Waals surface area contributed by atoms with Crippen LogP contribution < -0.4 is 0 Å². The summed E-state index contributed by atoms with van der Waals surface area (Å²) in [7, 11) is 0. The number of nitrogens with zero attached hydrogens (tertiary/aromatic N) is 1. The van der Waals surface area contributed by atoms with Gasteiger partial charge in [0.05, 0.1) is 6.54 Å². The largest absolute Gasteiger partial charge is 0.293 e. The van der Waals surface area contributed by atoms with Gasteiger partial charge in [-0.2, -0.15) is 11.3 Å². The molecule has 21 heavy (non-hydrogen) atoms. The van der Waals surface area contributed by atoms with E-state index in [1.807, 2.05) is 26.0 Å². The topological polar surface area (TPSA) is 20.3 Å². The Kier molecular flexibility index (Phi) is 4.22. The van der Waals surface area contributed by atoms with Crippen molar-refractivity contribution >= 4 is 17.1 Å². The fourth-order valence-corrected chi connectivity index (χ4v) is 3.34. The van der Waals surface area contributed by atoms with Gasteiger partial charge in [-0.05, 0) is 60.7 Å². The van der Waals surface area contributed by atoms with Gasteiger partial charge in [-0.1, -0.05) is 17.7 Å². The number of ketones is 1. The maximum Gasteiger partial charge on any atom is 0.177 e. The summed E-state index contributed by atoms with van der Waals surface area (Å²) in [5, 5.41) is 4.28. The van der Waals surface area contributed by atoms with Crippen molar-refractivity contribution in [3.8, 4) is 0 Å². The van der Waals surface area contributed by atoms with Crippen molar-refractivity contribution in [3.63, 3.8) is 0 Å². The Morgan fingerprint density at radius 1 is 1.29 bits per heavy atom. The lowest BCUT2D eigenvalue weighted by Gasteiger charge is -2.21. The van der Waals surface area contributed by atoms with Gasteiger partial charge in [-0.25, -0.2) is 0 Å². The van der Waals surface area contributed by atoms with Gasteiger partial charge >= 0.3 is 0 Å². The highest BCUT2D eigenvalue weighted by Crippen LogP contribution is 2.29. The minimum atomic E-state index is 0.248. The lowest BCUT2D eigenvalue weighted by Crippen LogP contribution is -2.31. The summed E-state index contributed by atoms with van der Waals surface area (Å²) >= 11 is 1.72. The molecule has 2 aromatic rings. The normalized spacial score (nSPS) is 14.6. The number of aryl methyl sites for hydroxylation is 2. The Morgan fingerprint density at radius 2 is 2.10 bits per heavy atom. The van der Waals surface area contributed by atoms with Crippen LogP contribution in [0.4, 0.5) is 0 Å². The predicted molar refractivity (Wildman–Crippen MR) is 88.0 cm³/mol. The first-order valence-electron chi connectivity index (χ1n) is 7.49. The number of benzene rings is 1. The molecule has 1 heterocycles. The minimum absolute atomic E-state index is 0.248. The van der Waals surface area contributed by atoms with Gasteiger partial charge < -0.3 is 0 Å². The first kappa shape index (κ1) is 14.5. The van der Waals surface area contributed by atoms with Crippen molar-refractivity contribution < 1.29 is 4.79 Å². The molecule has 0 saturated heterocycles. The highest BCUT2D eigenvalue weighted by atomic mass is 32.1. The second-order valence-electron chi connectivity index (χ2n) is 6.01. The molecule has 3 heteroatoms. The molecule has 1 aliphatic rings. The van der Waals surface area contributed by atoms with E-state index < -0.39 is 0 Å². The number of thiophene rings is 1. The molecule has 0 atom stereocenters. The number of Topliss-reactive ketones (excluding diaryl/α,β-unsaturated/α-hetero) is 1. The summed E-state index contributed by atoms with van der Waals surface area (Å²) in [5.41, 5.74) is 4.43. The third-order valence-corrected chi connectivity index (χ3v) is 4.80. The molecule has 110 valence electrons. The van der Waals surface area contributed by atoms with Crippen LogP contribution in [0.15, 0.2) is 35.0 Å². The maximum absolute atomic E-state index is 12.6. The van der Waals surface area contributed by atoms with E-state index in [9.17, 15) is 4.79 Å². The Labute approximate surface area is 130 Å². The highest BCUT2D eigenvalue weighted by Gasteiger charge is 2.30. The molecule has 0 radical (unpaired) electrons. The predicted octanol–water partition coefficient (Wildman–Crippen LogP) is 4.21.